The molecular weight excluding hydrogens is 396 g/mol. The molecule has 10 heteroatoms. The van der Waals surface area contributed by atoms with Crippen molar-refractivity contribution in [3.8, 4) is 0 Å². The van der Waals surface area contributed by atoms with Crippen LogP contribution in [-0.4, -0.2) is 71.0 Å². The van der Waals surface area contributed by atoms with Crippen molar-refractivity contribution in [3.63, 3.8) is 0 Å². The fourth-order valence-electron chi connectivity index (χ4n) is 3.57. The van der Waals surface area contributed by atoms with Crippen LogP contribution in [0.1, 0.15) is 17.4 Å². The van der Waals surface area contributed by atoms with Crippen LogP contribution in [0.25, 0.3) is 16.7 Å². The van der Waals surface area contributed by atoms with Gasteiger partial charge in [-0.2, -0.15) is 0 Å². The van der Waals surface area contributed by atoms with Gasteiger partial charge in [0, 0.05) is 38.7 Å². The number of carbonyl (C=O) groups excluding carboxylic acids is 1. The minimum Gasteiger partial charge on any atom is -0.383 e. The van der Waals surface area contributed by atoms with E-state index in [9.17, 15) is 18.0 Å². The second-order valence-electron chi connectivity index (χ2n) is 7.04. The summed E-state index contributed by atoms with van der Waals surface area (Å²) in [7, 11) is -1.62. The van der Waals surface area contributed by atoms with E-state index in [0.29, 0.717) is 35.5 Å². The summed E-state index contributed by atoms with van der Waals surface area (Å²) < 4.78 is 32.3. The summed E-state index contributed by atoms with van der Waals surface area (Å²) in [5.41, 5.74) is 0.953. The molecular formula is C19H22N4O5S. The molecule has 29 heavy (non-hydrogen) atoms. The van der Waals surface area contributed by atoms with Crippen molar-refractivity contribution in [2.75, 3.05) is 32.6 Å². The van der Waals surface area contributed by atoms with Gasteiger partial charge < -0.3 is 14.2 Å². The maximum absolute atomic E-state index is 13.1. The lowest BCUT2D eigenvalue weighted by molar-refractivity contribution is 0.0646. The lowest BCUT2D eigenvalue weighted by atomic mass is 10.2. The smallest absolute Gasteiger partial charge is 0.270 e. The molecule has 154 valence electrons. The molecule has 1 fully saturated rings. The van der Waals surface area contributed by atoms with E-state index < -0.39 is 15.1 Å². The molecule has 0 atom stereocenters. The predicted octanol–water partition coefficient (Wildman–Crippen LogP) is 0.555. The molecule has 4 heterocycles. The van der Waals surface area contributed by atoms with Crippen molar-refractivity contribution in [2.45, 2.75) is 18.7 Å². The largest absolute Gasteiger partial charge is 0.383 e. The van der Waals surface area contributed by atoms with Gasteiger partial charge in [0.15, 0.2) is 9.84 Å². The summed E-state index contributed by atoms with van der Waals surface area (Å²) in [5, 5.41) is -0.189. The number of ether oxygens (including phenoxy) is 1. The fourth-order valence-corrected chi connectivity index (χ4v) is 4.85. The number of methoxy groups -OCH3 is 1. The Bertz CT molecular complexity index is 1250. The Morgan fingerprint density at radius 3 is 2.76 bits per heavy atom. The number of sulfone groups is 1. The monoisotopic (exact) mass is 418 g/mol. The lowest BCUT2D eigenvalue weighted by Gasteiger charge is -2.38. The van der Waals surface area contributed by atoms with Crippen LogP contribution < -0.4 is 5.56 Å². The predicted molar refractivity (Wildman–Crippen MR) is 108 cm³/mol. The number of aromatic nitrogens is 3. The summed E-state index contributed by atoms with van der Waals surface area (Å²) in [5.74, 6) is -0.253. The number of hydrogen-bond donors (Lipinski definition) is 0. The summed E-state index contributed by atoms with van der Waals surface area (Å²) in [6, 6.07) is 6.80. The molecule has 0 N–H and O–H groups in total. The number of hydrogen-bond acceptors (Lipinski definition) is 6. The van der Waals surface area contributed by atoms with Crippen molar-refractivity contribution < 1.29 is 17.9 Å². The second-order valence-corrected chi connectivity index (χ2v) is 9.61. The number of rotatable bonds is 6. The molecule has 0 spiro atoms. The molecule has 0 aliphatic carbocycles. The quantitative estimate of drug-likeness (QED) is 0.579. The zero-order valence-corrected chi connectivity index (χ0v) is 17.1. The lowest BCUT2D eigenvalue weighted by Crippen LogP contribution is -2.57. The average molecular weight is 418 g/mol. The summed E-state index contributed by atoms with van der Waals surface area (Å²) in [6.07, 6.45) is 1.63. The molecule has 0 saturated carbocycles. The maximum Gasteiger partial charge on any atom is 0.270 e. The topological polar surface area (TPSA) is 103 Å². The van der Waals surface area contributed by atoms with Crippen LogP contribution in [0.15, 0.2) is 35.3 Å². The fraction of sp³-hybridized carbons (Fsp3) is 0.421. The summed E-state index contributed by atoms with van der Waals surface area (Å²) >= 11 is 0. The highest BCUT2D eigenvalue weighted by molar-refractivity contribution is 7.92. The molecule has 1 aliphatic rings. The molecule has 9 nitrogen and oxygen atoms in total. The van der Waals surface area contributed by atoms with Gasteiger partial charge in [-0.3, -0.25) is 14.0 Å². The van der Waals surface area contributed by atoms with Crippen molar-refractivity contribution in [1.29, 1.82) is 0 Å². The molecule has 1 saturated heterocycles. The maximum atomic E-state index is 13.1. The van der Waals surface area contributed by atoms with Crippen LogP contribution in [0, 0.1) is 0 Å². The Balaban J connectivity index is 1.77. The third kappa shape index (κ3) is 3.22. The average Bonchev–Trinajstić information content (AvgIpc) is 3.04. The zero-order chi connectivity index (χ0) is 20.8. The van der Waals surface area contributed by atoms with Gasteiger partial charge in [-0.05, 0) is 18.2 Å². The van der Waals surface area contributed by atoms with E-state index in [1.54, 1.807) is 49.1 Å². The number of fused-ring (bicyclic) bond motifs is 2. The van der Waals surface area contributed by atoms with Crippen LogP contribution in [-0.2, 0) is 21.1 Å². The SMILES string of the molecule is CCS(=O)(=O)C1CN(C(=O)c2cc3c(=O)n4ccccc4nc3n2CCOC)C1. The third-order valence-corrected chi connectivity index (χ3v) is 7.48. The number of carbonyl (C=O) groups is 1. The van der Waals surface area contributed by atoms with Gasteiger partial charge in [0.1, 0.15) is 17.0 Å². The zero-order valence-electron chi connectivity index (χ0n) is 16.2. The molecule has 1 amide bonds. The van der Waals surface area contributed by atoms with Gasteiger partial charge in [0.25, 0.3) is 11.5 Å². The number of amides is 1. The van der Waals surface area contributed by atoms with Crippen LogP contribution in [0.4, 0.5) is 0 Å². The van der Waals surface area contributed by atoms with E-state index in [-0.39, 0.29) is 30.3 Å². The van der Waals surface area contributed by atoms with E-state index in [1.165, 1.54) is 9.30 Å². The molecule has 0 unspecified atom stereocenters. The van der Waals surface area contributed by atoms with Gasteiger partial charge in [-0.25, -0.2) is 13.4 Å². The molecule has 4 rings (SSSR count). The number of pyridine rings is 1. The highest BCUT2D eigenvalue weighted by Gasteiger charge is 2.40. The molecule has 1 aliphatic heterocycles. The molecule has 3 aromatic rings. The van der Waals surface area contributed by atoms with E-state index >= 15 is 0 Å². The summed E-state index contributed by atoms with van der Waals surface area (Å²) in [6.45, 7) is 2.62. The first kappa shape index (κ1) is 19.6. The van der Waals surface area contributed by atoms with Gasteiger partial charge in [-0.1, -0.05) is 13.0 Å². The Morgan fingerprint density at radius 1 is 1.31 bits per heavy atom. The molecule has 0 aromatic carbocycles. The van der Waals surface area contributed by atoms with Gasteiger partial charge in [-0.15, -0.1) is 0 Å². The van der Waals surface area contributed by atoms with Crippen molar-refractivity contribution >= 4 is 32.4 Å². The second kappa shape index (κ2) is 7.27. The Labute approximate surface area is 167 Å². The first-order valence-electron chi connectivity index (χ1n) is 9.37. The Morgan fingerprint density at radius 2 is 2.07 bits per heavy atom. The van der Waals surface area contributed by atoms with Crippen molar-refractivity contribution in [3.05, 3.63) is 46.5 Å². The molecule has 0 radical (unpaired) electrons. The first-order chi connectivity index (χ1) is 13.9. The van der Waals surface area contributed by atoms with Crippen LogP contribution in [0.2, 0.25) is 0 Å². The standard InChI is InChI=1S/C19H22N4O5S/c1-3-29(26,27)13-11-21(12-13)19(25)15-10-14-17(22(15)8-9-28-2)20-16-6-4-5-7-23(16)18(14)24/h4-7,10,13H,3,8-9,11-12H2,1-2H3. The first-order valence-corrected chi connectivity index (χ1v) is 11.1. The van der Waals surface area contributed by atoms with Crippen LogP contribution in [0.3, 0.4) is 0 Å². The number of nitrogens with zero attached hydrogens (tertiary/aromatic N) is 4. The van der Waals surface area contributed by atoms with Crippen LogP contribution in [0.5, 0.6) is 0 Å². The van der Waals surface area contributed by atoms with E-state index in [4.69, 9.17) is 4.74 Å². The van der Waals surface area contributed by atoms with E-state index in [1.807, 2.05) is 0 Å². The van der Waals surface area contributed by atoms with Gasteiger partial charge >= 0.3 is 0 Å². The molecule has 0 bridgehead atoms. The minimum atomic E-state index is -3.18. The minimum absolute atomic E-state index is 0.0566. The van der Waals surface area contributed by atoms with Gasteiger partial charge in [0.2, 0.25) is 0 Å². The van der Waals surface area contributed by atoms with E-state index in [0.717, 1.165) is 0 Å². The Hall–Kier alpha value is -2.72. The summed E-state index contributed by atoms with van der Waals surface area (Å²) in [4.78, 5) is 32.0. The van der Waals surface area contributed by atoms with Gasteiger partial charge in [0.05, 0.1) is 17.2 Å². The third-order valence-electron chi connectivity index (χ3n) is 5.36. The molecule has 3 aromatic heterocycles. The van der Waals surface area contributed by atoms with Crippen molar-refractivity contribution in [1.82, 2.24) is 18.9 Å². The highest BCUT2D eigenvalue weighted by Crippen LogP contribution is 2.23. The van der Waals surface area contributed by atoms with Crippen molar-refractivity contribution in [2.24, 2.45) is 0 Å². The highest BCUT2D eigenvalue weighted by atomic mass is 32.2. The Kier molecular flexibility index (Phi) is 4.91. The van der Waals surface area contributed by atoms with E-state index in [2.05, 4.69) is 4.98 Å². The normalized spacial score (nSPS) is 15.2. The van der Waals surface area contributed by atoms with Crippen LogP contribution >= 0.6 is 0 Å². The number of likely N-dealkylation sites (tertiary alicyclic amines) is 1.